The second kappa shape index (κ2) is 31.1. The lowest BCUT2D eigenvalue weighted by molar-refractivity contribution is -0.158. The molecule has 19 heteroatoms. The van der Waals surface area contributed by atoms with Crippen molar-refractivity contribution in [1.82, 2.24) is 45.7 Å². The molecule has 0 spiro atoms. The van der Waals surface area contributed by atoms with Crippen LogP contribution in [0.2, 0.25) is 0 Å². The van der Waals surface area contributed by atoms with Gasteiger partial charge in [-0.15, -0.1) is 10.2 Å². The Balaban J connectivity index is 0.000000184. The molecule has 2 saturated carbocycles. The number of ether oxygens (including phenoxy) is 2. The number of benzene rings is 6. The number of carbonyl (C=O) groups is 4. The van der Waals surface area contributed by atoms with Crippen LogP contribution in [0.1, 0.15) is 123 Å². The minimum absolute atomic E-state index is 0.0174. The van der Waals surface area contributed by atoms with E-state index in [0.29, 0.717) is 69.7 Å². The van der Waals surface area contributed by atoms with Gasteiger partial charge in [-0.25, -0.2) is 9.36 Å². The van der Waals surface area contributed by atoms with Gasteiger partial charge in [0.25, 0.3) is 0 Å². The van der Waals surface area contributed by atoms with Gasteiger partial charge in [0.2, 0.25) is 5.91 Å². The van der Waals surface area contributed by atoms with E-state index in [1.54, 1.807) is 9.36 Å². The summed E-state index contributed by atoms with van der Waals surface area (Å²) >= 11 is 0. The van der Waals surface area contributed by atoms with E-state index in [0.717, 1.165) is 59.1 Å². The topological polar surface area (TPSA) is 280 Å². The number of hydrogen-bond acceptors (Lipinski definition) is 15. The van der Waals surface area contributed by atoms with Gasteiger partial charge >= 0.3 is 17.9 Å². The molecular weight excluding hydrogens is 1070 g/mol. The van der Waals surface area contributed by atoms with Crippen LogP contribution in [0, 0.1) is 33.5 Å². The van der Waals surface area contributed by atoms with Crippen molar-refractivity contribution < 1.29 is 33.8 Å². The molecule has 1 amide bonds. The number of carboxylic acids is 1. The van der Waals surface area contributed by atoms with Crippen molar-refractivity contribution in [2.75, 3.05) is 0 Å². The number of esters is 2. The third kappa shape index (κ3) is 17.6. The molecule has 0 bridgehead atoms. The number of nitrogens with one attached hydrogen (secondary N) is 1. The normalized spacial score (nSPS) is 14.3. The number of aryl methyl sites for hydroxylation is 2. The van der Waals surface area contributed by atoms with Gasteiger partial charge in [-0.2, -0.15) is 10.5 Å². The summed E-state index contributed by atoms with van der Waals surface area (Å²) < 4.78 is 13.9. The largest absolute Gasteiger partial charge is 0.481 e. The van der Waals surface area contributed by atoms with Crippen molar-refractivity contribution in [2.45, 2.75) is 128 Å². The Kier molecular flexibility index (Phi) is 22.4. The number of nitrogens with zero attached hydrogens (tertiary/aromatic N) is 10. The zero-order valence-corrected chi connectivity index (χ0v) is 47.5. The highest BCUT2D eigenvalue weighted by Crippen LogP contribution is 2.43. The third-order valence-corrected chi connectivity index (χ3v) is 15.5. The van der Waals surface area contributed by atoms with Gasteiger partial charge in [0, 0.05) is 6.42 Å². The maximum atomic E-state index is 14.0. The van der Waals surface area contributed by atoms with Crippen LogP contribution in [-0.4, -0.2) is 69.3 Å². The van der Waals surface area contributed by atoms with Crippen LogP contribution in [0.4, 0.5) is 0 Å². The van der Waals surface area contributed by atoms with Crippen molar-refractivity contribution in [3.63, 3.8) is 0 Å². The fourth-order valence-corrected chi connectivity index (χ4v) is 10.8. The van der Waals surface area contributed by atoms with Gasteiger partial charge in [0.1, 0.15) is 13.2 Å². The summed E-state index contributed by atoms with van der Waals surface area (Å²) in [5, 5.41) is 54.0. The maximum Gasteiger partial charge on any atom is 0.310 e. The smallest absolute Gasteiger partial charge is 0.310 e. The number of nitrogens with two attached hydrogens (primary N) is 1. The zero-order chi connectivity index (χ0) is 59.7. The Morgan fingerprint density at radius 1 is 0.529 bits per heavy atom. The summed E-state index contributed by atoms with van der Waals surface area (Å²) in [4.78, 5) is 50.0. The second-order valence-corrected chi connectivity index (χ2v) is 21.4. The fraction of sp³-hybridized carbons (Fsp3) is 0.333. The number of rotatable bonds is 23. The number of carboxylic acid groups (broad SMARTS) is 1. The van der Waals surface area contributed by atoms with E-state index in [4.69, 9.17) is 25.7 Å². The molecule has 8 aromatic rings. The van der Waals surface area contributed by atoms with E-state index in [-0.39, 0.29) is 50.4 Å². The number of aliphatic carboxylic acids is 1. The highest BCUT2D eigenvalue weighted by atomic mass is 16.5. The Hall–Kier alpha value is -9.72. The van der Waals surface area contributed by atoms with Crippen molar-refractivity contribution >= 4 is 23.8 Å². The summed E-state index contributed by atoms with van der Waals surface area (Å²) in [6, 6.07) is 59.1. The number of amides is 1. The molecule has 0 unspecified atom stereocenters. The molecule has 2 aromatic heterocycles. The van der Waals surface area contributed by atoms with E-state index in [9.17, 15) is 24.3 Å². The first kappa shape index (κ1) is 61.4. The molecular formula is C66H70N12O7. The molecule has 10 rings (SSSR count). The standard InChI is InChI=1S/C33H34N6O3.C18H18N6.C15H18O4/c34-20-9-21-39-31(36-37-38-39)29(22-25-14-16-28(17-15-25)27-12-5-2-6-13-27)35-32(41)33(18-7-8-19-33)23-30(40)42-24-26-10-3-1-4-11-26;19-11-4-12-24-18(21-22-23-24)17(20)13-14-7-9-16(10-8-14)15-5-2-1-3-6-15;16-13(19-11-12-6-2-1-3-7-12)10-15(14(17)18)8-4-5-9-15/h1-6,10-17,29H,7-9,18-19,21-24H2,(H,35,41);1-3,5-10,17H,4,12-13,20H2;1-3,6-7H,4-5,8-11H2,(H,17,18)/t29-;17-;/m00./s1. The Labute approximate surface area is 494 Å². The SMILES string of the molecule is N#CCCn1nnnc1[C@@H](N)Cc1ccc(-c2ccccc2)cc1.N#CCCn1nnnc1[C@H](Cc1ccc(-c2ccccc2)cc1)NC(=O)C1(CC(=O)OCc2ccccc2)CCCC1.O=C(CC1(C(=O)O)CCCC1)OCc1ccccc1. The first-order valence-corrected chi connectivity index (χ1v) is 28.7. The lowest BCUT2D eigenvalue weighted by Gasteiger charge is -2.29. The number of aromatic nitrogens is 8. The minimum Gasteiger partial charge on any atom is -0.481 e. The Bertz CT molecular complexity index is 3460. The monoisotopic (exact) mass is 1140 g/mol. The maximum absolute atomic E-state index is 14.0. The number of nitriles is 2. The van der Waals surface area contributed by atoms with Crippen LogP contribution >= 0.6 is 0 Å². The molecule has 0 saturated heterocycles. The first-order valence-electron chi connectivity index (χ1n) is 28.7. The number of hydrogen-bond donors (Lipinski definition) is 3. The summed E-state index contributed by atoms with van der Waals surface area (Å²) in [5.74, 6) is -0.794. The average Bonchev–Trinajstić information content (AvgIpc) is 4.60. The van der Waals surface area contributed by atoms with Crippen molar-refractivity contribution in [3.05, 3.63) is 204 Å². The van der Waals surface area contributed by atoms with E-state index in [2.05, 4.69) is 109 Å². The van der Waals surface area contributed by atoms with E-state index in [1.165, 1.54) is 11.1 Å². The lowest BCUT2D eigenvalue weighted by Crippen LogP contribution is -2.43. The number of tetrazole rings is 2. The van der Waals surface area contributed by atoms with Gasteiger partial charge in [-0.1, -0.05) is 196 Å². The average molecular weight is 1140 g/mol. The summed E-state index contributed by atoms with van der Waals surface area (Å²) in [7, 11) is 0. The van der Waals surface area contributed by atoms with Crippen molar-refractivity contribution in [2.24, 2.45) is 16.6 Å². The van der Waals surface area contributed by atoms with E-state index < -0.39 is 28.8 Å². The molecule has 6 aromatic carbocycles. The van der Waals surface area contributed by atoms with Gasteiger partial charge in [-0.3, -0.25) is 19.2 Å². The van der Waals surface area contributed by atoms with Crippen molar-refractivity contribution in [1.29, 1.82) is 10.5 Å². The first-order chi connectivity index (χ1) is 41.5. The van der Waals surface area contributed by atoms with Crippen LogP contribution < -0.4 is 11.1 Å². The molecule has 2 heterocycles. The summed E-state index contributed by atoms with van der Waals surface area (Å²) in [5.41, 5.74) is 13.0. The van der Waals surface area contributed by atoms with E-state index in [1.807, 2.05) is 109 Å². The summed E-state index contributed by atoms with van der Waals surface area (Å²) in [6.07, 6.45) is 7.52. The number of carbonyl (C=O) groups excluding carboxylic acids is 3. The van der Waals surface area contributed by atoms with Crippen LogP contribution in [0.5, 0.6) is 0 Å². The highest BCUT2D eigenvalue weighted by molar-refractivity contribution is 5.88. The van der Waals surface area contributed by atoms with Gasteiger partial charge in [-0.05, 0) is 97.5 Å². The quantitative estimate of drug-likeness (QED) is 0.0502. The van der Waals surface area contributed by atoms with Crippen LogP contribution in [0.15, 0.2) is 170 Å². The molecule has 85 heavy (non-hydrogen) atoms. The predicted octanol–water partition coefficient (Wildman–Crippen LogP) is 10.6. The molecule has 4 N–H and O–H groups in total. The Morgan fingerprint density at radius 3 is 1.36 bits per heavy atom. The van der Waals surface area contributed by atoms with Crippen LogP contribution in [0.25, 0.3) is 22.3 Å². The third-order valence-electron chi connectivity index (χ3n) is 15.5. The minimum atomic E-state index is -0.895. The van der Waals surface area contributed by atoms with Gasteiger partial charge in [0.05, 0.1) is 73.8 Å². The lowest BCUT2D eigenvalue weighted by atomic mass is 9.81. The van der Waals surface area contributed by atoms with Gasteiger partial charge in [0.15, 0.2) is 11.6 Å². The van der Waals surface area contributed by atoms with Crippen molar-refractivity contribution in [3.8, 4) is 34.4 Å². The van der Waals surface area contributed by atoms with Crippen LogP contribution in [0.3, 0.4) is 0 Å². The highest BCUT2D eigenvalue weighted by Gasteiger charge is 2.45. The molecule has 2 aliphatic rings. The zero-order valence-electron chi connectivity index (χ0n) is 47.5. The van der Waals surface area contributed by atoms with Gasteiger partial charge < -0.3 is 25.6 Å². The molecule has 2 atom stereocenters. The molecule has 436 valence electrons. The second-order valence-electron chi connectivity index (χ2n) is 21.4. The predicted molar refractivity (Wildman–Crippen MR) is 316 cm³/mol. The fourth-order valence-electron chi connectivity index (χ4n) is 10.8. The summed E-state index contributed by atoms with van der Waals surface area (Å²) in [6.45, 7) is 1.15. The molecule has 0 aliphatic heterocycles. The molecule has 2 fully saturated rings. The van der Waals surface area contributed by atoms with E-state index >= 15 is 0 Å². The molecule has 19 nitrogen and oxygen atoms in total. The molecule has 0 radical (unpaired) electrons. The van der Waals surface area contributed by atoms with Crippen LogP contribution in [-0.2, 0) is 67.8 Å². The Morgan fingerprint density at radius 2 is 0.918 bits per heavy atom. The molecule has 2 aliphatic carbocycles.